The fraction of sp³-hybridized carbons (Fsp3) is 0.368. The average molecular weight is 315 g/mol. The molecule has 1 unspecified atom stereocenters. The first-order chi connectivity index (χ1) is 11.1. The number of para-hydroxylation sites is 1. The van der Waals surface area contributed by atoms with E-state index in [1.54, 1.807) is 14.0 Å². The summed E-state index contributed by atoms with van der Waals surface area (Å²) in [4.78, 5) is 0. The number of nitrogens with one attached hydrogen (secondary N) is 1. The Balaban J connectivity index is 2.13. The van der Waals surface area contributed by atoms with Gasteiger partial charge in [-0.1, -0.05) is 36.4 Å². The molecule has 0 aliphatic heterocycles. The van der Waals surface area contributed by atoms with Crippen LogP contribution in [0.4, 0.5) is 0 Å². The van der Waals surface area contributed by atoms with E-state index < -0.39 is 0 Å². The van der Waals surface area contributed by atoms with Gasteiger partial charge in [0, 0.05) is 18.7 Å². The topological polar surface area (TPSA) is 50.7 Å². The molecular weight excluding hydrogens is 290 g/mol. The third-order valence-electron chi connectivity index (χ3n) is 3.67. The predicted molar refractivity (Wildman–Crippen MR) is 91.9 cm³/mol. The van der Waals surface area contributed by atoms with E-state index >= 15 is 0 Å². The third-order valence-corrected chi connectivity index (χ3v) is 3.67. The Morgan fingerprint density at radius 1 is 1.09 bits per heavy atom. The van der Waals surface area contributed by atoms with Crippen molar-refractivity contribution in [2.75, 3.05) is 13.7 Å². The quantitative estimate of drug-likeness (QED) is 0.786. The van der Waals surface area contributed by atoms with Gasteiger partial charge in [-0.05, 0) is 31.0 Å². The van der Waals surface area contributed by atoms with Gasteiger partial charge >= 0.3 is 0 Å². The van der Waals surface area contributed by atoms with Gasteiger partial charge in [-0.25, -0.2) is 0 Å². The molecule has 2 rings (SSSR count). The molecular formula is C19H25NO3. The molecule has 4 nitrogen and oxygen atoms in total. The van der Waals surface area contributed by atoms with Crippen LogP contribution in [0.3, 0.4) is 0 Å². The minimum absolute atomic E-state index is 0.378. The molecule has 2 aromatic rings. The lowest BCUT2D eigenvalue weighted by molar-refractivity contribution is 0.190. The first kappa shape index (κ1) is 17.3. The van der Waals surface area contributed by atoms with E-state index in [-0.39, 0.29) is 6.10 Å². The van der Waals surface area contributed by atoms with Crippen LogP contribution in [-0.4, -0.2) is 24.9 Å². The minimum Gasteiger partial charge on any atom is -0.493 e. The van der Waals surface area contributed by atoms with Crippen LogP contribution in [-0.2, 0) is 13.2 Å². The second kappa shape index (κ2) is 8.56. The number of benzene rings is 2. The summed E-state index contributed by atoms with van der Waals surface area (Å²) in [6.07, 6.45) is -0.378. The van der Waals surface area contributed by atoms with E-state index in [4.69, 9.17) is 9.47 Å². The van der Waals surface area contributed by atoms with Crippen molar-refractivity contribution in [1.82, 2.24) is 5.32 Å². The Bertz CT molecular complexity index is 626. The largest absolute Gasteiger partial charge is 0.493 e. The SMILES string of the molecule is COc1cccc(CNCC(C)O)c1OCc1ccccc1C. The number of aryl methyl sites for hydroxylation is 1. The minimum atomic E-state index is -0.378. The highest BCUT2D eigenvalue weighted by atomic mass is 16.5. The number of aliphatic hydroxyl groups excluding tert-OH is 1. The lowest BCUT2D eigenvalue weighted by Crippen LogP contribution is -2.24. The molecule has 0 radical (unpaired) electrons. The molecule has 4 heteroatoms. The molecule has 0 aromatic heterocycles. The monoisotopic (exact) mass is 315 g/mol. The Kier molecular flexibility index (Phi) is 6.44. The van der Waals surface area contributed by atoms with E-state index in [1.807, 2.05) is 30.3 Å². The number of rotatable bonds is 8. The molecule has 124 valence electrons. The number of methoxy groups -OCH3 is 1. The van der Waals surface area contributed by atoms with Crippen LogP contribution >= 0.6 is 0 Å². The molecule has 0 heterocycles. The molecule has 1 atom stereocenters. The van der Waals surface area contributed by atoms with Gasteiger partial charge in [-0.15, -0.1) is 0 Å². The number of hydrogen-bond acceptors (Lipinski definition) is 4. The molecule has 2 aromatic carbocycles. The van der Waals surface area contributed by atoms with Gasteiger partial charge in [0.15, 0.2) is 11.5 Å². The molecule has 0 saturated carbocycles. The highest BCUT2D eigenvalue weighted by Gasteiger charge is 2.11. The van der Waals surface area contributed by atoms with Crippen LogP contribution in [0.5, 0.6) is 11.5 Å². The maximum atomic E-state index is 9.36. The van der Waals surface area contributed by atoms with Crippen LogP contribution in [0.25, 0.3) is 0 Å². The summed E-state index contributed by atoms with van der Waals surface area (Å²) in [5.41, 5.74) is 3.37. The Morgan fingerprint density at radius 3 is 2.52 bits per heavy atom. The van der Waals surface area contributed by atoms with E-state index in [1.165, 1.54) is 5.56 Å². The summed E-state index contributed by atoms with van der Waals surface area (Å²) in [5.74, 6) is 1.46. The molecule has 23 heavy (non-hydrogen) atoms. The third kappa shape index (κ3) is 4.98. The molecule has 0 bridgehead atoms. The van der Waals surface area contributed by atoms with Crippen molar-refractivity contribution >= 4 is 0 Å². The first-order valence-corrected chi connectivity index (χ1v) is 7.83. The van der Waals surface area contributed by atoms with Crippen molar-refractivity contribution < 1.29 is 14.6 Å². The maximum Gasteiger partial charge on any atom is 0.166 e. The zero-order valence-electron chi connectivity index (χ0n) is 14.0. The van der Waals surface area contributed by atoms with Crippen LogP contribution in [0, 0.1) is 6.92 Å². The van der Waals surface area contributed by atoms with Crippen molar-refractivity contribution in [3.05, 3.63) is 59.2 Å². The lowest BCUT2D eigenvalue weighted by atomic mass is 10.1. The highest BCUT2D eigenvalue weighted by Crippen LogP contribution is 2.32. The van der Waals surface area contributed by atoms with Crippen molar-refractivity contribution in [1.29, 1.82) is 0 Å². The van der Waals surface area contributed by atoms with Crippen LogP contribution < -0.4 is 14.8 Å². The summed E-state index contributed by atoms with van der Waals surface area (Å²) < 4.78 is 11.5. The first-order valence-electron chi connectivity index (χ1n) is 7.83. The summed E-state index contributed by atoms with van der Waals surface area (Å²) in [6.45, 7) is 5.48. The van der Waals surface area contributed by atoms with Crippen molar-refractivity contribution in [3.63, 3.8) is 0 Å². The maximum absolute atomic E-state index is 9.36. The van der Waals surface area contributed by atoms with Gasteiger partial charge in [0.1, 0.15) is 6.61 Å². The average Bonchev–Trinajstić information content (AvgIpc) is 2.54. The molecule has 0 aliphatic rings. The normalized spacial score (nSPS) is 12.0. The second-order valence-corrected chi connectivity index (χ2v) is 5.64. The van der Waals surface area contributed by atoms with Gasteiger partial charge in [0.2, 0.25) is 0 Å². The number of hydrogen-bond donors (Lipinski definition) is 2. The number of aliphatic hydroxyl groups is 1. The van der Waals surface area contributed by atoms with Gasteiger partial charge in [-0.2, -0.15) is 0 Å². The summed E-state index contributed by atoms with van der Waals surface area (Å²) in [5, 5.41) is 12.6. The number of ether oxygens (including phenoxy) is 2. The van der Waals surface area contributed by atoms with E-state index in [9.17, 15) is 5.11 Å². The standard InChI is InChI=1S/C19H25NO3/c1-14-7-4-5-8-17(14)13-23-19-16(12-20-11-15(2)21)9-6-10-18(19)22-3/h4-10,15,20-21H,11-13H2,1-3H3. The molecule has 2 N–H and O–H groups in total. The zero-order valence-corrected chi connectivity index (χ0v) is 14.0. The van der Waals surface area contributed by atoms with Gasteiger partial charge in [0.05, 0.1) is 13.2 Å². The van der Waals surface area contributed by atoms with Crippen LogP contribution in [0.15, 0.2) is 42.5 Å². The Hall–Kier alpha value is -2.04. The van der Waals surface area contributed by atoms with Crippen molar-refractivity contribution in [2.45, 2.75) is 33.1 Å². The van der Waals surface area contributed by atoms with Crippen molar-refractivity contribution in [2.24, 2.45) is 0 Å². The fourth-order valence-corrected chi connectivity index (χ4v) is 2.36. The van der Waals surface area contributed by atoms with Crippen LogP contribution in [0.2, 0.25) is 0 Å². The summed E-state index contributed by atoms with van der Waals surface area (Å²) in [6, 6.07) is 14.0. The lowest BCUT2D eigenvalue weighted by Gasteiger charge is -2.16. The molecule has 0 spiro atoms. The van der Waals surface area contributed by atoms with Crippen LogP contribution in [0.1, 0.15) is 23.6 Å². The molecule has 0 fully saturated rings. The van der Waals surface area contributed by atoms with E-state index in [0.717, 1.165) is 22.6 Å². The molecule has 0 amide bonds. The molecule has 0 aliphatic carbocycles. The van der Waals surface area contributed by atoms with E-state index in [0.29, 0.717) is 19.7 Å². The Morgan fingerprint density at radius 2 is 1.83 bits per heavy atom. The summed E-state index contributed by atoms with van der Waals surface area (Å²) >= 11 is 0. The zero-order chi connectivity index (χ0) is 16.7. The highest BCUT2D eigenvalue weighted by molar-refractivity contribution is 5.46. The molecule has 0 saturated heterocycles. The Labute approximate surface area is 138 Å². The van der Waals surface area contributed by atoms with Crippen molar-refractivity contribution in [3.8, 4) is 11.5 Å². The van der Waals surface area contributed by atoms with Gasteiger partial charge < -0.3 is 19.9 Å². The smallest absolute Gasteiger partial charge is 0.166 e. The second-order valence-electron chi connectivity index (χ2n) is 5.64. The fourth-order valence-electron chi connectivity index (χ4n) is 2.36. The van der Waals surface area contributed by atoms with Gasteiger partial charge in [-0.3, -0.25) is 0 Å². The summed E-state index contributed by atoms with van der Waals surface area (Å²) in [7, 11) is 1.64. The predicted octanol–water partition coefficient (Wildman–Crippen LogP) is 3.05. The van der Waals surface area contributed by atoms with Gasteiger partial charge in [0.25, 0.3) is 0 Å². The van der Waals surface area contributed by atoms with E-state index in [2.05, 4.69) is 24.4 Å².